The number of thioether (sulfide) groups is 1. The number of benzene rings is 2. The van der Waals surface area contributed by atoms with E-state index in [0.29, 0.717) is 5.75 Å². The van der Waals surface area contributed by atoms with Crippen LogP contribution in [0.15, 0.2) is 53.0 Å². The molecule has 4 aromatic rings. The molecule has 0 fully saturated rings. The van der Waals surface area contributed by atoms with E-state index in [0.717, 1.165) is 50.1 Å². The molecule has 30 heavy (non-hydrogen) atoms. The molecule has 0 unspecified atom stereocenters. The maximum atomic E-state index is 5.46. The number of fused-ring (bicyclic) bond motifs is 1. The smallest absolute Gasteiger partial charge is 0.231 e. The Bertz CT molecular complexity index is 1200. The Labute approximate surface area is 181 Å². The zero-order valence-corrected chi connectivity index (χ0v) is 18.0. The number of ether oxygens (including phenoxy) is 3. The minimum Gasteiger partial charge on any atom is -0.496 e. The van der Waals surface area contributed by atoms with Crippen LogP contribution in [0, 0.1) is 0 Å². The minimum absolute atomic E-state index is 0.271. The van der Waals surface area contributed by atoms with E-state index >= 15 is 0 Å². The largest absolute Gasteiger partial charge is 0.496 e. The van der Waals surface area contributed by atoms with Gasteiger partial charge in [-0.05, 0) is 30.3 Å². The molecule has 0 saturated heterocycles. The topological polar surface area (TPSA) is 71.3 Å². The monoisotopic (exact) mass is 438 g/mol. The van der Waals surface area contributed by atoms with E-state index in [1.807, 2.05) is 54.1 Å². The highest BCUT2D eigenvalue weighted by Crippen LogP contribution is 2.37. The number of hydrogen-bond donors (Lipinski definition) is 0. The third-order valence-corrected chi connectivity index (χ3v) is 6.70. The van der Waals surface area contributed by atoms with Crippen LogP contribution in [-0.4, -0.2) is 33.7 Å². The SMILES string of the molecule is COc1ccccc1-c1nnc(SCc2csc(-c3ccc4c(c3)OCO4)n2)n1C. The Balaban J connectivity index is 1.31. The molecule has 0 amide bonds. The van der Waals surface area contributed by atoms with Crippen LogP contribution in [0.3, 0.4) is 0 Å². The van der Waals surface area contributed by atoms with E-state index < -0.39 is 0 Å². The van der Waals surface area contributed by atoms with Gasteiger partial charge in [0.2, 0.25) is 6.79 Å². The molecule has 0 N–H and O–H groups in total. The number of thiazole rings is 1. The van der Waals surface area contributed by atoms with Gasteiger partial charge in [0, 0.05) is 23.7 Å². The maximum Gasteiger partial charge on any atom is 0.231 e. The molecule has 0 atom stereocenters. The molecule has 0 bridgehead atoms. The summed E-state index contributed by atoms with van der Waals surface area (Å²) < 4.78 is 18.3. The second-order valence-electron chi connectivity index (χ2n) is 6.57. The Morgan fingerprint density at radius 1 is 1.13 bits per heavy atom. The highest BCUT2D eigenvalue weighted by molar-refractivity contribution is 7.98. The van der Waals surface area contributed by atoms with Gasteiger partial charge in [-0.25, -0.2) is 4.98 Å². The highest BCUT2D eigenvalue weighted by atomic mass is 32.2. The van der Waals surface area contributed by atoms with Crippen LogP contribution in [0.1, 0.15) is 5.69 Å². The number of aromatic nitrogens is 4. The van der Waals surface area contributed by atoms with Crippen molar-refractivity contribution in [2.75, 3.05) is 13.9 Å². The molecule has 5 rings (SSSR count). The Morgan fingerprint density at radius 3 is 2.90 bits per heavy atom. The molecule has 2 aromatic heterocycles. The standard InChI is InChI=1S/C21H18N4O3S2/c1-25-19(15-5-3-4-6-16(15)26-2)23-24-21(25)30-11-14-10-29-20(22-14)13-7-8-17-18(9-13)28-12-27-17/h3-10H,11-12H2,1-2H3. The van der Waals surface area contributed by atoms with Crippen molar-refractivity contribution in [3.05, 3.63) is 53.5 Å². The Kier molecular flexibility index (Phi) is 5.06. The first kappa shape index (κ1) is 19.0. The summed E-state index contributed by atoms with van der Waals surface area (Å²) in [4.78, 5) is 4.77. The summed E-state index contributed by atoms with van der Waals surface area (Å²) in [6.07, 6.45) is 0. The first-order valence-electron chi connectivity index (χ1n) is 9.23. The van der Waals surface area contributed by atoms with Gasteiger partial charge in [-0.15, -0.1) is 21.5 Å². The average molecular weight is 439 g/mol. The second kappa shape index (κ2) is 8.00. The summed E-state index contributed by atoms with van der Waals surface area (Å²) in [6, 6.07) is 13.7. The molecule has 3 heterocycles. The molecule has 1 aliphatic heterocycles. The number of para-hydroxylation sites is 1. The van der Waals surface area contributed by atoms with Gasteiger partial charge in [-0.3, -0.25) is 0 Å². The molecule has 152 valence electrons. The molecule has 0 saturated carbocycles. The summed E-state index contributed by atoms with van der Waals surface area (Å²) in [6.45, 7) is 0.271. The molecule has 1 aliphatic rings. The molecule has 2 aromatic carbocycles. The van der Waals surface area contributed by atoms with E-state index in [1.54, 1.807) is 30.2 Å². The lowest BCUT2D eigenvalue weighted by atomic mass is 10.2. The fourth-order valence-corrected chi connectivity index (χ4v) is 4.90. The van der Waals surface area contributed by atoms with E-state index in [4.69, 9.17) is 19.2 Å². The van der Waals surface area contributed by atoms with Gasteiger partial charge < -0.3 is 18.8 Å². The summed E-state index contributed by atoms with van der Waals surface area (Å²) in [5.41, 5.74) is 2.94. The number of hydrogen-bond acceptors (Lipinski definition) is 8. The lowest BCUT2D eigenvalue weighted by Gasteiger charge is -2.07. The highest BCUT2D eigenvalue weighted by Gasteiger charge is 2.17. The van der Waals surface area contributed by atoms with Crippen LogP contribution in [-0.2, 0) is 12.8 Å². The van der Waals surface area contributed by atoms with E-state index in [9.17, 15) is 0 Å². The molecule has 9 heteroatoms. The van der Waals surface area contributed by atoms with E-state index in [1.165, 1.54) is 0 Å². The van der Waals surface area contributed by atoms with Gasteiger partial charge in [0.05, 0.1) is 18.4 Å². The average Bonchev–Trinajstić information content (AvgIpc) is 3.51. The lowest BCUT2D eigenvalue weighted by Crippen LogP contribution is -1.97. The molecule has 7 nitrogen and oxygen atoms in total. The molecular formula is C21H18N4O3S2. The van der Waals surface area contributed by atoms with Crippen LogP contribution in [0.2, 0.25) is 0 Å². The van der Waals surface area contributed by atoms with Gasteiger partial charge >= 0.3 is 0 Å². The Hall–Kier alpha value is -3.04. The van der Waals surface area contributed by atoms with Gasteiger partial charge in [0.1, 0.15) is 10.8 Å². The predicted molar refractivity (Wildman–Crippen MR) is 116 cm³/mol. The number of rotatable bonds is 6. The predicted octanol–water partition coefficient (Wildman–Crippen LogP) is 4.64. The van der Waals surface area contributed by atoms with Crippen LogP contribution >= 0.6 is 23.1 Å². The molecule has 0 spiro atoms. The zero-order chi connectivity index (χ0) is 20.5. The normalized spacial score (nSPS) is 12.3. The third kappa shape index (κ3) is 3.50. The van der Waals surface area contributed by atoms with Gasteiger partial charge in [0.15, 0.2) is 22.5 Å². The van der Waals surface area contributed by atoms with Crippen LogP contribution in [0.4, 0.5) is 0 Å². The summed E-state index contributed by atoms with van der Waals surface area (Å²) in [7, 11) is 3.62. The second-order valence-corrected chi connectivity index (χ2v) is 8.37. The molecule has 0 aliphatic carbocycles. The number of nitrogens with zero attached hydrogens (tertiary/aromatic N) is 4. The number of methoxy groups -OCH3 is 1. The van der Waals surface area contributed by atoms with Crippen molar-refractivity contribution in [3.63, 3.8) is 0 Å². The van der Waals surface area contributed by atoms with Crippen molar-refractivity contribution in [2.45, 2.75) is 10.9 Å². The van der Waals surface area contributed by atoms with Crippen molar-refractivity contribution in [3.8, 4) is 39.2 Å². The van der Waals surface area contributed by atoms with Crippen molar-refractivity contribution in [2.24, 2.45) is 7.05 Å². The van der Waals surface area contributed by atoms with Crippen LogP contribution < -0.4 is 14.2 Å². The van der Waals surface area contributed by atoms with E-state index in [-0.39, 0.29) is 6.79 Å². The summed E-state index contributed by atoms with van der Waals surface area (Å²) in [5, 5.41) is 12.6. The third-order valence-electron chi connectivity index (χ3n) is 4.70. The van der Waals surface area contributed by atoms with E-state index in [2.05, 4.69) is 15.6 Å². The first-order valence-corrected chi connectivity index (χ1v) is 11.1. The van der Waals surface area contributed by atoms with Crippen molar-refractivity contribution in [1.29, 1.82) is 0 Å². The zero-order valence-electron chi connectivity index (χ0n) is 16.4. The van der Waals surface area contributed by atoms with Crippen molar-refractivity contribution in [1.82, 2.24) is 19.7 Å². The minimum atomic E-state index is 0.271. The fraction of sp³-hybridized carbons (Fsp3) is 0.190. The summed E-state index contributed by atoms with van der Waals surface area (Å²) in [5.74, 6) is 3.80. The van der Waals surface area contributed by atoms with Crippen molar-refractivity contribution < 1.29 is 14.2 Å². The quantitative estimate of drug-likeness (QED) is 0.406. The molecule has 0 radical (unpaired) electrons. The Morgan fingerprint density at radius 2 is 2.00 bits per heavy atom. The maximum absolute atomic E-state index is 5.46. The van der Waals surface area contributed by atoms with Crippen LogP contribution in [0.25, 0.3) is 22.0 Å². The van der Waals surface area contributed by atoms with Gasteiger partial charge in [-0.1, -0.05) is 23.9 Å². The fourth-order valence-electron chi connectivity index (χ4n) is 3.18. The summed E-state index contributed by atoms with van der Waals surface area (Å²) >= 11 is 3.22. The van der Waals surface area contributed by atoms with Gasteiger partial charge in [-0.2, -0.15) is 0 Å². The van der Waals surface area contributed by atoms with Crippen LogP contribution in [0.5, 0.6) is 17.2 Å². The molecular weight excluding hydrogens is 420 g/mol. The van der Waals surface area contributed by atoms with Gasteiger partial charge in [0.25, 0.3) is 0 Å². The van der Waals surface area contributed by atoms with Crippen molar-refractivity contribution >= 4 is 23.1 Å². The first-order chi connectivity index (χ1) is 14.7. The lowest BCUT2D eigenvalue weighted by molar-refractivity contribution is 0.174.